The molecule has 7 nitrogen and oxygen atoms in total. The van der Waals surface area contributed by atoms with Gasteiger partial charge in [-0.2, -0.15) is 4.98 Å². The van der Waals surface area contributed by atoms with Crippen LogP contribution in [0.3, 0.4) is 0 Å². The van der Waals surface area contributed by atoms with E-state index in [1.807, 2.05) is 35.2 Å². The Hall–Kier alpha value is -3.22. The van der Waals surface area contributed by atoms with E-state index in [0.717, 1.165) is 47.2 Å². The van der Waals surface area contributed by atoms with Crippen molar-refractivity contribution in [2.24, 2.45) is 0 Å². The smallest absolute Gasteiger partial charge is 0.273 e. The van der Waals surface area contributed by atoms with Gasteiger partial charge in [-0.25, -0.2) is 4.98 Å². The average molecular weight is 376 g/mol. The normalized spacial score (nSPS) is 13.4. The van der Waals surface area contributed by atoms with Crippen molar-refractivity contribution >= 4 is 28.4 Å². The maximum absolute atomic E-state index is 13.2. The molecular weight excluding hydrogens is 352 g/mol. The van der Waals surface area contributed by atoms with Crippen molar-refractivity contribution in [2.45, 2.75) is 32.7 Å². The van der Waals surface area contributed by atoms with Gasteiger partial charge in [-0.15, -0.1) is 0 Å². The number of nitrogens with two attached hydrogens (primary N) is 1. The molecule has 1 amide bonds. The molecule has 7 heteroatoms. The fraction of sp³-hybridized carbons (Fsp3) is 0.333. The van der Waals surface area contributed by atoms with E-state index in [2.05, 4.69) is 27.2 Å². The maximum atomic E-state index is 13.2. The number of benzene rings is 1. The number of fused-ring (bicyclic) bond motifs is 2. The molecule has 1 aromatic carbocycles. The number of aromatic nitrogens is 3. The molecule has 1 aliphatic rings. The third-order valence-corrected chi connectivity index (χ3v) is 5.06. The van der Waals surface area contributed by atoms with Gasteiger partial charge in [-0.1, -0.05) is 37.6 Å². The van der Waals surface area contributed by atoms with Crippen LogP contribution in [-0.2, 0) is 13.0 Å². The first-order valence-corrected chi connectivity index (χ1v) is 9.69. The summed E-state index contributed by atoms with van der Waals surface area (Å²) in [5.74, 6) is 0.936. The monoisotopic (exact) mass is 376 g/mol. The third-order valence-electron chi connectivity index (χ3n) is 5.06. The number of nitrogen functional groups attached to an aromatic ring is 1. The Morgan fingerprint density at radius 1 is 1.25 bits per heavy atom. The highest BCUT2D eigenvalue weighted by Gasteiger charge is 2.27. The van der Waals surface area contributed by atoms with Gasteiger partial charge in [0, 0.05) is 36.7 Å². The van der Waals surface area contributed by atoms with E-state index in [-0.39, 0.29) is 11.9 Å². The molecule has 0 bridgehead atoms. The van der Waals surface area contributed by atoms with Crippen LogP contribution in [0.4, 0.5) is 11.8 Å². The van der Waals surface area contributed by atoms with E-state index in [0.29, 0.717) is 25.2 Å². The standard InChI is InChI=1S/C21H24N6O/c1-2-3-10-24-19-16-13-27(12-9-17(16)25-21(22)26-19)20(28)18-15-7-5-4-6-14(15)8-11-23-18/h4-8,11H,2-3,9-10,12-13H2,1H3,(H3,22,24,25,26). The molecule has 0 spiro atoms. The number of hydrogen-bond donors (Lipinski definition) is 2. The Morgan fingerprint density at radius 3 is 2.96 bits per heavy atom. The number of unbranched alkanes of at least 4 members (excludes halogenated alkanes) is 1. The first kappa shape index (κ1) is 18.2. The number of nitrogens with one attached hydrogen (secondary N) is 1. The number of carbonyl (C=O) groups is 1. The minimum Gasteiger partial charge on any atom is -0.370 e. The summed E-state index contributed by atoms with van der Waals surface area (Å²) in [7, 11) is 0. The lowest BCUT2D eigenvalue weighted by molar-refractivity contribution is 0.0730. The molecule has 28 heavy (non-hydrogen) atoms. The molecule has 2 aromatic heterocycles. The van der Waals surface area contributed by atoms with E-state index < -0.39 is 0 Å². The number of amides is 1. The molecule has 1 aliphatic heterocycles. The molecule has 0 fully saturated rings. The van der Waals surface area contributed by atoms with Crippen LogP contribution in [0.25, 0.3) is 10.8 Å². The van der Waals surface area contributed by atoms with Crippen LogP contribution in [0.5, 0.6) is 0 Å². The zero-order valence-electron chi connectivity index (χ0n) is 16.0. The Balaban J connectivity index is 1.63. The van der Waals surface area contributed by atoms with Crippen LogP contribution in [0.15, 0.2) is 36.5 Å². The molecule has 3 aromatic rings. The van der Waals surface area contributed by atoms with Crippen molar-refractivity contribution in [1.82, 2.24) is 19.9 Å². The van der Waals surface area contributed by atoms with E-state index >= 15 is 0 Å². The second-order valence-corrected chi connectivity index (χ2v) is 6.99. The van der Waals surface area contributed by atoms with Gasteiger partial charge in [-0.05, 0) is 17.9 Å². The van der Waals surface area contributed by atoms with E-state index in [1.54, 1.807) is 6.20 Å². The number of rotatable bonds is 5. The van der Waals surface area contributed by atoms with Gasteiger partial charge in [0.1, 0.15) is 11.5 Å². The molecule has 3 heterocycles. The highest BCUT2D eigenvalue weighted by Crippen LogP contribution is 2.27. The molecule has 0 radical (unpaired) electrons. The summed E-state index contributed by atoms with van der Waals surface area (Å²) in [6.45, 7) is 4.00. The van der Waals surface area contributed by atoms with Gasteiger partial charge in [0.25, 0.3) is 5.91 Å². The topological polar surface area (TPSA) is 97.0 Å². The van der Waals surface area contributed by atoms with Crippen molar-refractivity contribution < 1.29 is 4.79 Å². The van der Waals surface area contributed by atoms with Gasteiger partial charge in [0.2, 0.25) is 5.95 Å². The van der Waals surface area contributed by atoms with Crippen LogP contribution >= 0.6 is 0 Å². The number of hydrogen-bond acceptors (Lipinski definition) is 6. The average Bonchev–Trinajstić information content (AvgIpc) is 2.72. The summed E-state index contributed by atoms with van der Waals surface area (Å²) in [6.07, 6.45) is 4.48. The van der Waals surface area contributed by atoms with Gasteiger partial charge in [-0.3, -0.25) is 9.78 Å². The highest BCUT2D eigenvalue weighted by molar-refractivity contribution is 6.05. The van der Waals surface area contributed by atoms with Crippen molar-refractivity contribution in [3.63, 3.8) is 0 Å². The van der Waals surface area contributed by atoms with E-state index in [1.165, 1.54) is 0 Å². The highest BCUT2D eigenvalue weighted by atomic mass is 16.2. The van der Waals surface area contributed by atoms with Crippen molar-refractivity contribution in [3.8, 4) is 0 Å². The second kappa shape index (κ2) is 7.80. The van der Waals surface area contributed by atoms with E-state index in [9.17, 15) is 4.79 Å². The lowest BCUT2D eigenvalue weighted by Crippen LogP contribution is -2.37. The molecule has 144 valence electrons. The van der Waals surface area contributed by atoms with Crippen LogP contribution in [0.1, 0.15) is 41.5 Å². The molecule has 0 aliphatic carbocycles. The zero-order valence-corrected chi connectivity index (χ0v) is 16.0. The molecule has 0 atom stereocenters. The van der Waals surface area contributed by atoms with E-state index in [4.69, 9.17) is 5.73 Å². The lowest BCUT2D eigenvalue weighted by atomic mass is 10.0. The minimum atomic E-state index is -0.0706. The molecule has 0 saturated carbocycles. The van der Waals surface area contributed by atoms with Crippen LogP contribution in [0, 0.1) is 0 Å². The molecule has 3 N–H and O–H groups in total. The first-order valence-electron chi connectivity index (χ1n) is 9.69. The number of carbonyl (C=O) groups excluding carboxylic acids is 1. The van der Waals surface area contributed by atoms with Gasteiger partial charge in [0.05, 0.1) is 12.2 Å². The molecular formula is C21H24N6O. The Labute approximate surface area is 164 Å². The number of anilines is 2. The molecule has 0 saturated heterocycles. The van der Waals surface area contributed by atoms with Crippen molar-refractivity contribution in [1.29, 1.82) is 0 Å². The summed E-state index contributed by atoms with van der Waals surface area (Å²) in [4.78, 5) is 28.2. The predicted molar refractivity (Wildman–Crippen MR) is 110 cm³/mol. The summed E-state index contributed by atoms with van der Waals surface area (Å²) < 4.78 is 0. The fourth-order valence-electron chi connectivity index (χ4n) is 3.58. The fourth-order valence-corrected chi connectivity index (χ4v) is 3.58. The SMILES string of the molecule is CCCCNc1nc(N)nc2c1CN(C(=O)c1nccc3ccccc13)CC2. The second-order valence-electron chi connectivity index (χ2n) is 6.99. The Kier molecular flexibility index (Phi) is 5.06. The number of nitrogens with zero attached hydrogens (tertiary/aromatic N) is 4. The first-order chi connectivity index (χ1) is 13.7. The lowest BCUT2D eigenvalue weighted by Gasteiger charge is -2.29. The van der Waals surface area contributed by atoms with Gasteiger partial charge in [0.15, 0.2) is 0 Å². The van der Waals surface area contributed by atoms with Gasteiger partial charge < -0.3 is 16.0 Å². The molecule has 4 rings (SSSR count). The Bertz CT molecular complexity index is 1010. The largest absolute Gasteiger partial charge is 0.370 e. The number of pyridine rings is 1. The van der Waals surface area contributed by atoms with Crippen LogP contribution < -0.4 is 11.1 Å². The summed E-state index contributed by atoms with van der Waals surface area (Å²) in [5.41, 5.74) is 8.23. The zero-order chi connectivity index (χ0) is 19.5. The third kappa shape index (κ3) is 3.47. The van der Waals surface area contributed by atoms with Crippen molar-refractivity contribution in [2.75, 3.05) is 24.1 Å². The van der Waals surface area contributed by atoms with Crippen LogP contribution in [0.2, 0.25) is 0 Å². The van der Waals surface area contributed by atoms with Crippen LogP contribution in [-0.4, -0.2) is 38.8 Å². The minimum absolute atomic E-state index is 0.0706. The predicted octanol–water partition coefficient (Wildman–Crippen LogP) is 3.02. The summed E-state index contributed by atoms with van der Waals surface area (Å²) >= 11 is 0. The summed E-state index contributed by atoms with van der Waals surface area (Å²) in [5, 5.41) is 5.24. The van der Waals surface area contributed by atoms with Gasteiger partial charge >= 0.3 is 0 Å². The summed E-state index contributed by atoms with van der Waals surface area (Å²) in [6, 6.07) is 9.74. The Morgan fingerprint density at radius 2 is 2.11 bits per heavy atom. The quantitative estimate of drug-likeness (QED) is 0.665. The molecule has 0 unspecified atom stereocenters. The van der Waals surface area contributed by atoms with Crippen molar-refractivity contribution in [3.05, 3.63) is 53.5 Å². The maximum Gasteiger partial charge on any atom is 0.273 e.